The van der Waals surface area contributed by atoms with Crippen molar-refractivity contribution in [3.63, 3.8) is 0 Å². The van der Waals surface area contributed by atoms with E-state index in [1.807, 2.05) is 18.7 Å². The highest BCUT2D eigenvalue weighted by Gasteiger charge is 2.30. The molecule has 2 heterocycles. The molecule has 0 saturated carbocycles. The van der Waals surface area contributed by atoms with E-state index in [4.69, 9.17) is 4.42 Å². The van der Waals surface area contributed by atoms with E-state index in [1.54, 1.807) is 36.4 Å². The number of anilines is 1. The van der Waals surface area contributed by atoms with Crippen molar-refractivity contribution in [3.05, 3.63) is 54.0 Å². The second kappa shape index (κ2) is 9.41. The minimum absolute atomic E-state index is 0.0508. The van der Waals surface area contributed by atoms with Gasteiger partial charge in [-0.25, -0.2) is 0 Å². The number of amides is 3. The van der Waals surface area contributed by atoms with Gasteiger partial charge in [0.25, 0.3) is 11.8 Å². The molecule has 2 N–H and O–H groups in total. The monoisotopic (exact) mass is 397 g/mol. The van der Waals surface area contributed by atoms with Crippen LogP contribution in [0.3, 0.4) is 0 Å². The van der Waals surface area contributed by atoms with Gasteiger partial charge in [-0.05, 0) is 49.4 Å². The molecule has 3 rings (SSSR count). The molecule has 1 atom stereocenters. The van der Waals surface area contributed by atoms with E-state index in [2.05, 4.69) is 10.6 Å². The Labute approximate surface area is 170 Å². The van der Waals surface area contributed by atoms with Crippen molar-refractivity contribution in [3.8, 4) is 0 Å². The van der Waals surface area contributed by atoms with Crippen LogP contribution in [0.15, 0.2) is 47.1 Å². The van der Waals surface area contributed by atoms with Crippen LogP contribution >= 0.6 is 0 Å². The minimum atomic E-state index is -0.616. The molecule has 7 heteroatoms. The number of furan rings is 1. The van der Waals surface area contributed by atoms with Gasteiger partial charge in [-0.3, -0.25) is 14.4 Å². The predicted octanol–water partition coefficient (Wildman–Crippen LogP) is 3.30. The van der Waals surface area contributed by atoms with Crippen molar-refractivity contribution in [1.29, 1.82) is 0 Å². The lowest BCUT2D eigenvalue weighted by molar-refractivity contribution is -0.135. The van der Waals surface area contributed by atoms with Crippen molar-refractivity contribution in [1.82, 2.24) is 10.2 Å². The van der Waals surface area contributed by atoms with Crippen LogP contribution in [0.25, 0.3) is 0 Å². The molecule has 1 aromatic carbocycles. The first kappa shape index (κ1) is 20.6. The Hall–Kier alpha value is -3.09. The molecule has 0 aliphatic carbocycles. The van der Waals surface area contributed by atoms with Gasteiger partial charge in [-0.1, -0.05) is 26.0 Å². The van der Waals surface area contributed by atoms with Crippen molar-refractivity contribution >= 4 is 23.4 Å². The van der Waals surface area contributed by atoms with E-state index in [0.717, 1.165) is 32.4 Å². The smallest absolute Gasteiger partial charge is 0.291 e. The number of benzene rings is 1. The molecule has 29 heavy (non-hydrogen) atoms. The summed E-state index contributed by atoms with van der Waals surface area (Å²) >= 11 is 0. The number of rotatable bonds is 6. The van der Waals surface area contributed by atoms with Crippen LogP contribution < -0.4 is 10.6 Å². The fourth-order valence-electron chi connectivity index (χ4n) is 3.43. The second-order valence-corrected chi connectivity index (χ2v) is 7.56. The van der Waals surface area contributed by atoms with E-state index < -0.39 is 17.9 Å². The fourth-order valence-corrected chi connectivity index (χ4v) is 3.43. The Bertz CT molecular complexity index is 855. The molecule has 154 valence electrons. The van der Waals surface area contributed by atoms with Crippen molar-refractivity contribution < 1.29 is 18.8 Å². The summed E-state index contributed by atoms with van der Waals surface area (Å²) in [5, 5.41) is 5.57. The topological polar surface area (TPSA) is 91.6 Å². The second-order valence-electron chi connectivity index (χ2n) is 7.56. The van der Waals surface area contributed by atoms with Crippen LogP contribution in [0.1, 0.15) is 54.0 Å². The number of nitrogens with one attached hydrogen (secondary N) is 2. The predicted molar refractivity (Wildman–Crippen MR) is 110 cm³/mol. The summed E-state index contributed by atoms with van der Waals surface area (Å²) in [6.07, 6.45) is 4.52. The molecule has 1 aliphatic heterocycles. The van der Waals surface area contributed by atoms with Crippen LogP contribution in [0.4, 0.5) is 5.69 Å². The van der Waals surface area contributed by atoms with Crippen molar-refractivity contribution in [2.45, 2.75) is 39.2 Å². The average molecular weight is 397 g/mol. The maximum Gasteiger partial charge on any atom is 0.291 e. The average Bonchev–Trinajstić information content (AvgIpc) is 3.27. The van der Waals surface area contributed by atoms with E-state index in [9.17, 15) is 14.4 Å². The van der Waals surface area contributed by atoms with E-state index in [1.165, 1.54) is 6.26 Å². The maximum absolute atomic E-state index is 13.0. The SMILES string of the molecule is CC(C)[C@H](NC(=O)c1ccccc1NC(=O)c1ccco1)C(=O)N1CCCCC1. The van der Waals surface area contributed by atoms with Crippen LogP contribution in [-0.2, 0) is 4.79 Å². The Morgan fingerprint density at radius 2 is 1.69 bits per heavy atom. The van der Waals surface area contributed by atoms with Gasteiger partial charge in [-0.2, -0.15) is 0 Å². The lowest BCUT2D eigenvalue weighted by atomic mass is 10.00. The zero-order chi connectivity index (χ0) is 20.8. The summed E-state index contributed by atoms with van der Waals surface area (Å²) in [6, 6.07) is 9.26. The van der Waals surface area contributed by atoms with Gasteiger partial charge in [0.2, 0.25) is 5.91 Å². The summed E-state index contributed by atoms with van der Waals surface area (Å²) in [5.41, 5.74) is 0.656. The highest BCUT2D eigenvalue weighted by Crippen LogP contribution is 2.19. The highest BCUT2D eigenvalue weighted by molar-refractivity contribution is 6.08. The number of hydrogen-bond acceptors (Lipinski definition) is 4. The summed E-state index contributed by atoms with van der Waals surface area (Å²) < 4.78 is 5.10. The van der Waals surface area contributed by atoms with Gasteiger partial charge in [-0.15, -0.1) is 0 Å². The minimum Gasteiger partial charge on any atom is -0.459 e. The third-order valence-corrected chi connectivity index (χ3v) is 5.05. The Morgan fingerprint density at radius 1 is 0.966 bits per heavy atom. The Morgan fingerprint density at radius 3 is 2.34 bits per heavy atom. The molecule has 0 spiro atoms. The molecule has 0 bridgehead atoms. The van der Waals surface area contributed by atoms with E-state index in [0.29, 0.717) is 11.3 Å². The first-order chi connectivity index (χ1) is 14.0. The lowest BCUT2D eigenvalue weighted by Crippen LogP contribution is -2.52. The standard InChI is InChI=1S/C22H27N3O4/c1-15(2)19(22(28)25-12-6-3-7-13-25)24-20(26)16-9-4-5-10-17(16)23-21(27)18-11-8-14-29-18/h4-5,8-11,14-15,19H,3,6-7,12-13H2,1-2H3,(H,23,27)(H,24,26)/t19-/m0/s1. The number of likely N-dealkylation sites (tertiary alicyclic amines) is 1. The molecule has 1 aromatic heterocycles. The lowest BCUT2D eigenvalue weighted by Gasteiger charge is -2.32. The molecule has 1 aliphatic rings. The van der Waals surface area contributed by atoms with E-state index in [-0.39, 0.29) is 17.6 Å². The van der Waals surface area contributed by atoms with Gasteiger partial charge in [0.1, 0.15) is 6.04 Å². The third kappa shape index (κ3) is 5.04. The molecule has 3 amide bonds. The van der Waals surface area contributed by atoms with Crippen LogP contribution in [0, 0.1) is 5.92 Å². The first-order valence-corrected chi connectivity index (χ1v) is 10.0. The summed E-state index contributed by atoms with van der Waals surface area (Å²) in [5.74, 6) is -0.798. The quantitative estimate of drug-likeness (QED) is 0.782. The first-order valence-electron chi connectivity index (χ1n) is 10.0. The van der Waals surface area contributed by atoms with Gasteiger partial charge in [0, 0.05) is 13.1 Å². The number of para-hydroxylation sites is 1. The highest BCUT2D eigenvalue weighted by atomic mass is 16.3. The maximum atomic E-state index is 13.0. The number of nitrogens with zero attached hydrogens (tertiary/aromatic N) is 1. The molecule has 0 radical (unpaired) electrons. The molecule has 1 saturated heterocycles. The van der Waals surface area contributed by atoms with Crippen LogP contribution in [0.5, 0.6) is 0 Å². The number of carbonyl (C=O) groups excluding carboxylic acids is 3. The summed E-state index contributed by atoms with van der Waals surface area (Å²) in [7, 11) is 0. The zero-order valence-corrected chi connectivity index (χ0v) is 16.8. The van der Waals surface area contributed by atoms with Crippen molar-refractivity contribution in [2.75, 3.05) is 18.4 Å². The molecule has 1 fully saturated rings. The summed E-state index contributed by atoms with van der Waals surface area (Å²) in [6.45, 7) is 5.29. The van der Waals surface area contributed by atoms with Gasteiger partial charge in [0.05, 0.1) is 17.5 Å². The third-order valence-electron chi connectivity index (χ3n) is 5.05. The Balaban J connectivity index is 1.75. The van der Waals surface area contributed by atoms with Gasteiger partial charge in [0.15, 0.2) is 5.76 Å². The van der Waals surface area contributed by atoms with E-state index >= 15 is 0 Å². The molecule has 2 aromatic rings. The Kier molecular flexibility index (Phi) is 6.69. The zero-order valence-electron chi connectivity index (χ0n) is 16.8. The molecular formula is C22H27N3O4. The van der Waals surface area contributed by atoms with Gasteiger partial charge < -0.3 is 20.0 Å². The van der Waals surface area contributed by atoms with Crippen molar-refractivity contribution in [2.24, 2.45) is 5.92 Å². The summed E-state index contributed by atoms with van der Waals surface area (Å²) in [4.78, 5) is 40.1. The largest absolute Gasteiger partial charge is 0.459 e. The molecular weight excluding hydrogens is 370 g/mol. The number of hydrogen-bond donors (Lipinski definition) is 2. The van der Waals surface area contributed by atoms with Crippen LogP contribution in [0.2, 0.25) is 0 Å². The molecule has 7 nitrogen and oxygen atoms in total. The fraction of sp³-hybridized carbons (Fsp3) is 0.409. The van der Waals surface area contributed by atoms with Gasteiger partial charge >= 0.3 is 0 Å². The number of carbonyl (C=O) groups is 3. The van der Waals surface area contributed by atoms with Crippen LogP contribution in [-0.4, -0.2) is 41.8 Å². The normalized spacial score (nSPS) is 15.1. The number of piperidine rings is 1. The molecule has 0 unspecified atom stereocenters.